The van der Waals surface area contributed by atoms with E-state index in [1.807, 2.05) is 13.0 Å². The number of hydrogen-bond donors (Lipinski definition) is 1. The van der Waals surface area contributed by atoms with E-state index in [1.165, 1.54) is 4.90 Å². The third kappa shape index (κ3) is 2.25. The molecule has 0 saturated carbocycles. The number of hydrogen-bond acceptors (Lipinski definition) is 6. The first kappa shape index (κ1) is 20.3. The minimum Gasteiger partial charge on any atom is -0.486 e. The molecule has 4 atom stereocenters. The molecule has 1 N–H and O–H groups in total. The number of imide groups is 1. The quantitative estimate of drug-likeness (QED) is 0.633. The first-order valence-corrected chi connectivity index (χ1v) is 12.0. The van der Waals surface area contributed by atoms with E-state index in [2.05, 4.69) is 10.2 Å². The average molecular weight is 480 g/mol. The number of nitrogens with zero attached hydrogens (tertiary/aromatic N) is 2. The van der Waals surface area contributed by atoms with Crippen LogP contribution in [0.15, 0.2) is 30.3 Å². The third-order valence-corrected chi connectivity index (χ3v) is 8.56. The highest BCUT2D eigenvalue weighted by Gasteiger charge is 2.74. The van der Waals surface area contributed by atoms with Gasteiger partial charge in [-0.3, -0.25) is 19.3 Å². The van der Waals surface area contributed by atoms with Crippen LogP contribution in [0.2, 0.25) is 5.02 Å². The Morgan fingerprint density at radius 1 is 1.06 bits per heavy atom. The number of benzene rings is 2. The van der Waals surface area contributed by atoms with Crippen molar-refractivity contribution in [1.29, 1.82) is 0 Å². The van der Waals surface area contributed by atoms with E-state index < -0.39 is 17.4 Å². The number of fused-ring (bicyclic) bond motifs is 8. The molecule has 7 rings (SSSR count). The first-order chi connectivity index (χ1) is 16.4. The molecule has 34 heavy (non-hydrogen) atoms. The number of anilines is 2. The van der Waals surface area contributed by atoms with Gasteiger partial charge in [-0.1, -0.05) is 17.7 Å². The van der Waals surface area contributed by atoms with Crippen LogP contribution in [0, 0.1) is 18.8 Å². The van der Waals surface area contributed by atoms with Gasteiger partial charge in [0.25, 0.3) is 0 Å². The fraction of sp³-hybridized carbons (Fsp3) is 0.400. The first-order valence-electron chi connectivity index (χ1n) is 11.6. The summed E-state index contributed by atoms with van der Waals surface area (Å²) in [5.41, 5.74) is 1.39. The van der Waals surface area contributed by atoms with E-state index in [0.717, 1.165) is 24.0 Å². The summed E-state index contributed by atoms with van der Waals surface area (Å²) in [5, 5.41) is 3.56. The third-order valence-electron chi connectivity index (χ3n) is 8.15. The van der Waals surface area contributed by atoms with Crippen molar-refractivity contribution >= 4 is 40.7 Å². The Balaban J connectivity index is 1.39. The predicted octanol–water partition coefficient (Wildman–Crippen LogP) is 2.85. The molecule has 2 aromatic rings. The van der Waals surface area contributed by atoms with Crippen molar-refractivity contribution in [3.05, 3.63) is 46.5 Å². The monoisotopic (exact) mass is 479 g/mol. The van der Waals surface area contributed by atoms with Crippen molar-refractivity contribution in [3.8, 4) is 11.5 Å². The van der Waals surface area contributed by atoms with Gasteiger partial charge in [0, 0.05) is 22.7 Å². The zero-order chi connectivity index (χ0) is 23.4. The van der Waals surface area contributed by atoms with Crippen LogP contribution >= 0.6 is 11.6 Å². The van der Waals surface area contributed by atoms with Gasteiger partial charge in [0.1, 0.15) is 18.8 Å². The summed E-state index contributed by atoms with van der Waals surface area (Å²) in [6.45, 7) is 3.38. The van der Waals surface area contributed by atoms with Crippen LogP contribution in [0.3, 0.4) is 0 Å². The van der Waals surface area contributed by atoms with Gasteiger partial charge in [0.15, 0.2) is 11.5 Å². The van der Waals surface area contributed by atoms with Gasteiger partial charge >= 0.3 is 0 Å². The Kier molecular flexibility index (Phi) is 4.02. The van der Waals surface area contributed by atoms with Gasteiger partial charge in [-0.25, -0.2) is 4.90 Å². The number of halogens is 1. The highest BCUT2D eigenvalue weighted by atomic mass is 35.5. The number of carbonyl (C=O) groups is 3. The Labute approximate surface area is 200 Å². The van der Waals surface area contributed by atoms with Gasteiger partial charge in [-0.05, 0) is 50.1 Å². The molecule has 3 amide bonds. The zero-order valence-corrected chi connectivity index (χ0v) is 19.2. The normalized spacial score (nSPS) is 31.2. The molecule has 3 saturated heterocycles. The maximum Gasteiger partial charge on any atom is 0.250 e. The van der Waals surface area contributed by atoms with Crippen LogP contribution in [-0.4, -0.2) is 48.4 Å². The lowest BCUT2D eigenvalue weighted by Crippen LogP contribution is -2.54. The second kappa shape index (κ2) is 6.73. The number of nitrogens with one attached hydrogen (secondary N) is 1. The molecule has 5 heterocycles. The van der Waals surface area contributed by atoms with Crippen molar-refractivity contribution in [3.63, 3.8) is 0 Å². The summed E-state index contributed by atoms with van der Waals surface area (Å²) >= 11 is 6.35. The fourth-order valence-electron chi connectivity index (χ4n) is 6.82. The molecule has 9 heteroatoms. The van der Waals surface area contributed by atoms with E-state index in [0.29, 0.717) is 47.7 Å². The molecule has 0 aromatic heterocycles. The smallest absolute Gasteiger partial charge is 0.250 e. The summed E-state index contributed by atoms with van der Waals surface area (Å²) in [5.74, 6) is -1.16. The van der Waals surface area contributed by atoms with Crippen molar-refractivity contribution in [1.82, 2.24) is 4.90 Å². The predicted molar refractivity (Wildman–Crippen MR) is 123 cm³/mol. The Hall–Kier alpha value is -3.10. The molecule has 5 aliphatic rings. The molecule has 0 unspecified atom stereocenters. The second-order valence-electron chi connectivity index (χ2n) is 9.56. The highest BCUT2D eigenvalue weighted by molar-refractivity contribution is 6.32. The Bertz CT molecular complexity index is 1310. The van der Waals surface area contributed by atoms with Crippen LogP contribution in [0.1, 0.15) is 24.0 Å². The topological polar surface area (TPSA) is 88.2 Å². The lowest BCUT2D eigenvalue weighted by Gasteiger charge is -2.36. The minimum atomic E-state index is -1.22. The van der Waals surface area contributed by atoms with Crippen molar-refractivity contribution < 1.29 is 23.9 Å². The van der Waals surface area contributed by atoms with Gasteiger partial charge < -0.3 is 14.8 Å². The van der Waals surface area contributed by atoms with Crippen molar-refractivity contribution in [2.45, 2.75) is 31.3 Å². The molecule has 0 radical (unpaired) electrons. The Morgan fingerprint density at radius 3 is 2.68 bits per heavy atom. The maximum absolute atomic E-state index is 14.1. The van der Waals surface area contributed by atoms with Crippen LogP contribution in [-0.2, 0) is 19.9 Å². The van der Waals surface area contributed by atoms with E-state index in [-0.39, 0.29) is 23.8 Å². The van der Waals surface area contributed by atoms with Crippen LogP contribution in [0.5, 0.6) is 11.5 Å². The van der Waals surface area contributed by atoms with Crippen LogP contribution in [0.25, 0.3) is 0 Å². The number of ether oxygens (including phenoxy) is 2. The molecule has 5 aliphatic heterocycles. The van der Waals surface area contributed by atoms with E-state index in [9.17, 15) is 14.4 Å². The molecule has 0 bridgehead atoms. The molecule has 0 aliphatic carbocycles. The summed E-state index contributed by atoms with van der Waals surface area (Å²) in [6.07, 6.45) is 1.64. The van der Waals surface area contributed by atoms with Gasteiger partial charge in [0.2, 0.25) is 17.7 Å². The summed E-state index contributed by atoms with van der Waals surface area (Å²) in [4.78, 5) is 45.0. The molecule has 2 aromatic carbocycles. The number of amides is 3. The largest absolute Gasteiger partial charge is 0.486 e. The highest BCUT2D eigenvalue weighted by Crippen LogP contribution is 2.61. The Morgan fingerprint density at radius 2 is 1.85 bits per heavy atom. The van der Waals surface area contributed by atoms with E-state index in [1.54, 1.807) is 24.3 Å². The summed E-state index contributed by atoms with van der Waals surface area (Å²) < 4.78 is 11.3. The fourth-order valence-corrected chi connectivity index (χ4v) is 6.97. The van der Waals surface area contributed by atoms with Crippen LogP contribution in [0.4, 0.5) is 11.4 Å². The molecule has 1 spiro atoms. The SMILES string of the molecule is Cc1c(Cl)ccc2c1NC(=O)[C@]21[C@H]2C(=O)N(c3ccc4c(c3)OCCO4)C(=O)[C@@H]2[C@H]2CCCN21. The maximum atomic E-state index is 14.1. The zero-order valence-electron chi connectivity index (χ0n) is 18.5. The lowest BCUT2D eigenvalue weighted by molar-refractivity contribution is -0.135. The lowest BCUT2D eigenvalue weighted by atomic mass is 9.75. The standard InChI is InChI=1S/C25H22ClN3O5/c1-12-15(26)6-5-14-21(12)27-24(32)25(14)20-19(16-3-2-8-28(16)25)22(30)29(23(20)31)13-4-7-17-18(11-13)34-10-9-33-17/h4-7,11,16,19-20H,2-3,8-10H2,1H3,(H,27,32)/t16-,19-,20-,25-/m1/s1. The minimum absolute atomic E-state index is 0.170. The van der Waals surface area contributed by atoms with Gasteiger partial charge in [-0.2, -0.15) is 0 Å². The van der Waals surface area contributed by atoms with Gasteiger partial charge in [0.05, 0.1) is 23.2 Å². The van der Waals surface area contributed by atoms with E-state index in [4.69, 9.17) is 21.1 Å². The number of carbonyl (C=O) groups excluding carboxylic acids is 3. The summed E-state index contributed by atoms with van der Waals surface area (Å²) in [7, 11) is 0. The molecular formula is C25H22ClN3O5. The molecular weight excluding hydrogens is 458 g/mol. The van der Waals surface area contributed by atoms with Crippen LogP contribution < -0.4 is 19.7 Å². The van der Waals surface area contributed by atoms with E-state index >= 15 is 0 Å². The molecule has 8 nitrogen and oxygen atoms in total. The van der Waals surface area contributed by atoms with Crippen molar-refractivity contribution in [2.24, 2.45) is 11.8 Å². The number of rotatable bonds is 1. The molecule has 3 fully saturated rings. The summed E-state index contributed by atoms with van der Waals surface area (Å²) in [6, 6.07) is 8.55. The second-order valence-corrected chi connectivity index (χ2v) is 9.97. The average Bonchev–Trinajstić information content (AvgIpc) is 3.55. The van der Waals surface area contributed by atoms with Crippen molar-refractivity contribution in [2.75, 3.05) is 30.0 Å². The van der Waals surface area contributed by atoms with Gasteiger partial charge in [-0.15, -0.1) is 0 Å². The molecule has 174 valence electrons.